The highest BCUT2D eigenvalue weighted by Gasteiger charge is 2.53. The van der Waals surface area contributed by atoms with Crippen LogP contribution >= 0.6 is 86.3 Å². The lowest BCUT2D eigenvalue weighted by Gasteiger charge is -2.33. The summed E-state index contributed by atoms with van der Waals surface area (Å²) < 4.78 is 24.2. The van der Waals surface area contributed by atoms with Crippen LogP contribution in [0.5, 0.6) is 0 Å². The van der Waals surface area contributed by atoms with Crippen LogP contribution < -0.4 is 15.3 Å². The topological polar surface area (TPSA) is 34.8 Å². The van der Waals surface area contributed by atoms with Gasteiger partial charge in [0.2, 0.25) is 0 Å². The number of hydrogen-bond acceptors (Lipinski definition) is 4. The van der Waals surface area contributed by atoms with E-state index in [9.17, 15) is 0 Å². The largest absolute Gasteiger partial charge is 0.494 e. The molecule has 18 aromatic rings. The highest BCUT2D eigenvalue weighted by atomic mass is 127. The Morgan fingerprint density at radius 2 is 0.547 bits per heavy atom. The van der Waals surface area contributed by atoms with Crippen LogP contribution in [0.4, 0.5) is 34.1 Å². The molecule has 16 aromatic carbocycles. The fourth-order valence-electron chi connectivity index (χ4n) is 23.6. The summed E-state index contributed by atoms with van der Waals surface area (Å²) in [5.41, 5.74) is 33.3. The summed E-state index contributed by atoms with van der Waals surface area (Å²) in [5.74, 6) is 0. The first kappa shape index (κ1) is 106. The van der Waals surface area contributed by atoms with Crippen LogP contribution in [-0.2, 0) is 20.1 Å². The van der Waals surface area contributed by atoms with Crippen LogP contribution in [0, 0.1) is 3.57 Å². The molecule has 0 spiro atoms. The van der Waals surface area contributed by atoms with E-state index in [1.807, 2.05) is 6.07 Å². The molecule has 148 heavy (non-hydrogen) atoms. The molecule has 12 heteroatoms. The number of fused-ring (bicyclic) bond motifs is 12. The van der Waals surface area contributed by atoms with Gasteiger partial charge in [-0.15, -0.1) is 0 Å². The van der Waals surface area contributed by atoms with Crippen molar-refractivity contribution in [3.63, 3.8) is 0 Å². The number of aromatic nitrogens is 2. The number of para-hydroxylation sites is 4. The molecule has 2 aromatic heterocycles. The number of halogens is 5. The predicted octanol–water partition coefficient (Wildman–Crippen LogP) is 42.7. The zero-order valence-electron chi connectivity index (χ0n) is 87.5. The van der Waals surface area contributed by atoms with Gasteiger partial charge in [-0.1, -0.05) is 446 Å². The van der Waals surface area contributed by atoms with Crippen LogP contribution in [0.1, 0.15) is 257 Å². The molecule has 21 rings (SSSR count). The molecule has 0 N–H and O–H groups in total. The van der Waals surface area contributed by atoms with E-state index >= 15 is 0 Å². The second-order valence-corrected chi connectivity index (χ2v) is 47.3. The Labute approximate surface area is 928 Å². The van der Waals surface area contributed by atoms with E-state index in [-0.39, 0.29) is 10.8 Å². The van der Waals surface area contributed by atoms with Gasteiger partial charge < -0.3 is 28.2 Å². The van der Waals surface area contributed by atoms with Gasteiger partial charge in [0.15, 0.2) is 0 Å². The smallest absolute Gasteiger partial charge is 0.399 e. The van der Waals surface area contributed by atoms with Gasteiger partial charge in [-0.2, -0.15) is 0 Å². The number of benzene rings is 16. The van der Waals surface area contributed by atoms with Crippen molar-refractivity contribution in [2.75, 3.05) is 9.80 Å². The van der Waals surface area contributed by atoms with Crippen molar-refractivity contribution in [3.05, 3.63) is 408 Å². The fraction of sp³-hybridized carbons (Fsp3) is 0.294. The van der Waals surface area contributed by atoms with Crippen molar-refractivity contribution in [2.45, 2.75) is 257 Å². The third kappa shape index (κ3) is 23.2. The third-order valence-corrected chi connectivity index (χ3v) is 34.4. The molecule has 1 fully saturated rings. The lowest BCUT2D eigenvalue weighted by atomic mass is 9.68. The van der Waals surface area contributed by atoms with Crippen molar-refractivity contribution < 1.29 is 9.31 Å². The van der Waals surface area contributed by atoms with Gasteiger partial charge >= 0.3 is 7.12 Å². The van der Waals surface area contributed by atoms with Crippen molar-refractivity contribution in [1.82, 2.24) is 9.13 Å². The minimum atomic E-state index is -0.403. The Balaban J connectivity index is 0.000000171. The minimum Gasteiger partial charge on any atom is -0.399 e. The van der Waals surface area contributed by atoms with E-state index in [1.165, 1.54) is 303 Å². The maximum Gasteiger partial charge on any atom is 0.494 e. The first-order valence-corrected chi connectivity index (χ1v) is 59.1. The molecule has 0 atom stereocenters. The Bertz CT molecular complexity index is 7450. The maximum atomic E-state index is 6.74. The van der Waals surface area contributed by atoms with E-state index in [4.69, 9.17) is 9.31 Å². The molecule has 6 nitrogen and oxygen atoms in total. The van der Waals surface area contributed by atoms with E-state index in [2.05, 4.69) is 519 Å². The lowest BCUT2D eigenvalue weighted by molar-refractivity contribution is 0.00578. The number of nitrogens with zero attached hydrogens (tertiary/aromatic N) is 4. The summed E-state index contributed by atoms with van der Waals surface area (Å²) in [6.45, 7) is 17.9. The van der Waals surface area contributed by atoms with Gasteiger partial charge in [0, 0.05) is 99.3 Å². The summed E-state index contributed by atoms with van der Waals surface area (Å²) in [5, 5.41) is 5.02. The second-order valence-electron chi connectivity index (χ2n) is 42.4. The SMILES string of the molecule is Brc1cc(Br)cc(I)c1.CCCCCCCCC1(CCCCCCCC)c2cc(-c3cc(Br)cc(Br)c3)ccc2-c2ccc(-n3c4ccccc4c4cc(N(c5ccccc5)c5ccc(-c6ccccc6)cc5)ccc43)cc21.CCCCCCCCC1(CCCCCCCC)c2cc(B3OC(C)(C)C(C)(C)O3)ccc2-c2ccc(-n3c4ccccc4c4cc(N(c5ccccc5)c5ccc(-c6ccccc6)cc5)ccc43)cc21. The Hall–Kier alpha value is -10.6. The van der Waals surface area contributed by atoms with Crippen molar-refractivity contribution in [2.24, 2.45) is 0 Å². The second kappa shape index (κ2) is 48.8. The third-order valence-electron chi connectivity index (χ3n) is 31.9. The Morgan fingerprint density at radius 1 is 0.250 bits per heavy atom. The molecular formula is C136H140BBr4IN4O2. The van der Waals surface area contributed by atoms with Gasteiger partial charge in [-0.25, -0.2) is 0 Å². The predicted molar refractivity (Wildman–Crippen MR) is 657 cm³/mol. The van der Waals surface area contributed by atoms with Crippen LogP contribution in [0.25, 0.3) is 111 Å². The number of hydrogen-bond donors (Lipinski definition) is 0. The van der Waals surface area contributed by atoms with E-state index in [0.717, 1.165) is 70.3 Å². The summed E-state index contributed by atoms with van der Waals surface area (Å²) in [6, 6.07) is 135. The zero-order chi connectivity index (χ0) is 102. The summed E-state index contributed by atoms with van der Waals surface area (Å²) in [7, 11) is -0.399. The van der Waals surface area contributed by atoms with Gasteiger partial charge in [-0.05, 0) is 323 Å². The van der Waals surface area contributed by atoms with Crippen molar-refractivity contribution >= 4 is 177 Å². The maximum absolute atomic E-state index is 6.74. The van der Waals surface area contributed by atoms with Crippen LogP contribution in [-0.4, -0.2) is 27.5 Å². The van der Waals surface area contributed by atoms with Crippen LogP contribution in [0.2, 0.25) is 0 Å². The Kier molecular flexibility index (Phi) is 34.9. The quantitative estimate of drug-likeness (QED) is 0.0218. The molecule has 754 valence electrons. The van der Waals surface area contributed by atoms with Gasteiger partial charge in [0.1, 0.15) is 0 Å². The monoisotopic (exact) mass is 2310 g/mol. The summed E-state index contributed by atoms with van der Waals surface area (Å²) in [4.78, 5) is 4.79. The average Bonchev–Trinajstić information content (AvgIpc) is 1.55. The van der Waals surface area contributed by atoms with Crippen molar-refractivity contribution in [3.8, 4) is 67.0 Å². The number of unbranched alkanes of at least 4 members (excludes halogenated alkanes) is 20. The van der Waals surface area contributed by atoms with E-state index in [0.29, 0.717) is 0 Å². The molecule has 0 unspecified atom stereocenters. The molecule has 1 aliphatic heterocycles. The standard InChI is InChI=1S/C65H73BN2O2.C65H64Br2N2.C6H3Br2I/c1-7-9-11-13-15-25-43-65(44-26-16-14-12-10-8-2)59-45-50(66-69-63(3,4)64(5,6)70-66)35-40-55(59)56-41-38-54(47-60(56)65)68-61-32-24-23-31-57(61)58-46-53(39-42-62(58)68)67(51-29-21-18-22-30-51)52-36-33-49(34-37-52)48-27-19-17-20-28-48;1-3-5-7-9-11-21-39-65(40-22-12-10-8-6-4-2)61-43-49(50-41-51(66)44-52(67)42-50)31-36-57(61)58-37-34-56(46-62(58)65)69-63-28-20-19-27-59(63)60-45-55(35-38-64(60)69)68(53-25-17-14-18-26-53)54-32-29-48(30-33-54)47-23-15-13-16-24-47;7-4-1-5(8)3-6(9)2-4/h17-24,27-42,45-47H,7-16,25-26,43-44H2,1-6H3;13-20,23-38,41-46H,3-12,21-22,39-40H2,1-2H3;1-3H. The molecule has 0 radical (unpaired) electrons. The van der Waals surface area contributed by atoms with Crippen LogP contribution in [0.15, 0.2) is 382 Å². The normalized spacial score (nSPS) is 13.8. The van der Waals surface area contributed by atoms with Gasteiger partial charge in [0.05, 0.1) is 33.3 Å². The molecule has 3 heterocycles. The van der Waals surface area contributed by atoms with Gasteiger partial charge in [0.25, 0.3) is 0 Å². The molecule has 0 saturated carbocycles. The van der Waals surface area contributed by atoms with Crippen LogP contribution in [0.3, 0.4) is 0 Å². The Morgan fingerprint density at radius 3 is 0.932 bits per heavy atom. The first-order chi connectivity index (χ1) is 72.3. The highest BCUT2D eigenvalue weighted by molar-refractivity contribution is 14.1. The molecule has 2 aliphatic carbocycles. The molecule has 0 bridgehead atoms. The van der Waals surface area contributed by atoms with E-state index in [1.54, 1.807) is 0 Å². The number of rotatable bonds is 40. The molecule has 3 aliphatic rings. The zero-order valence-corrected chi connectivity index (χ0v) is 96.0. The molecular weight excluding hydrogens is 2180 g/mol. The van der Waals surface area contributed by atoms with Gasteiger partial charge in [-0.3, -0.25) is 0 Å². The molecule has 1 saturated heterocycles. The lowest BCUT2D eigenvalue weighted by Crippen LogP contribution is -2.41. The first-order valence-electron chi connectivity index (χ1n) is 54.9. The minimum absolute atomic E-state index is 0.0758. The number of anilines is 6. The summed E-state index contributed by atoms with van der Waals surface area (Å²) >= 11 is 16.6. The fourth-order valence-corrected chi connectivity index (χ4v) is 27.8. The average molecular weight is 2320 g/mol. The molecule has 0 amide bonds. The van der Waals surface area contributed by atoms with E-state index < -0.39 is 18.3 Å². The van der Waals surface area contributed by atoms with Crippen molar-refractivity contribution in [1.29, 1.82) is 0 Å². The highest BCUT2D eigenvalue weighted by Crippen LogP contribution is 2.59. The summed E-state index contributed by atoms with van der Waals surface area (Å²) in [6.07, 6.45) is 35.6.